The van der Waals surface area contributed by atoms with Crippen molar-refractivity contribution in [3.05, 3.63) is 65.5 Å². The number of esters is 1. The summed E-state index contributed by atoms with van der Waals surface area (Å²) in [5, 5.41) is 0. The molecule has 1 aliphatic rings. The summed E-state index contributed by atoms with van der Waals surface area (Å²) < 4.78 is 4.87. The quantitative estimate of drug-likeness (QED) is 0.602. The second-order valence-corrected chi connectivity index (χ2v) is 3.91. The first-order valence-electron chi connectivity index (χ1n) is 5.54. The van der Waals surface area contributed by atoms with Gasteiger partial charge in [0.05, 0.1) is 0 Å². The summed E-state index contributed by atoms with van der Waals surface area (Å²) >= 11 is 0. The molecule has 0 aliphatic carbocycles. The lowest BCUT2D eigenvalue weighted by molar-refractivity contribution is -0.133. The van der Waals surface area contributed by atoms with E-state index in [1.54, 1.807) is 19.1 Å². The van der Waals surface area contributed by atoms with E-state index in [1.165, 1.54) is 12.2 Å². The van der Waals surface area contributed by atoms with Crippen LogP contribution in [0.3, 0.4) is 0 Å². The Labute approximate surface area is 105 Å². The van der Waals surface area contributed by atoms with E-state index in [1.807, 2.05) is 30.3 Å². The van der Waals surface area contributed by atoms with Gasteiger partial charge in [0.2, 0.25) is 0 Å². The maximum atomic E-state index is 11.6. The van der Waals surface area contributed by atoms with Gasteiger partial charge < -0.3 is 4.74 Å². The smallest absolute Gasteiger partial charge is 0.339 e. The molecule has 0 amide bonds. The molecule has 18 heavy (non-hydrogen) atoms. The summed E-state index contributed by atoms with van der Waals surface area (Å²) in [5.41, 5.74) is 1.44. The van der Waals surface area contributed by atoms with Gasteiger partial charge in [0, 0.05) is 11.6 Å². The zero-order valence-electron chi connectivity index (χ0n) is 9.92. The number of carbonyl (C=O) groups is 2. The molecule has 1 heterocycles. The summed E-state index contributed by atoms with van der Waals surface area (Å²) in [4.78, 5) is 22.7. The van der Waals surface area contributed by atoms with Crippen LogP contribution in [0.5, 0.6) is 0 Å². The van der Waals surface area contributed by atoms with E-state index in [4.69, 9.17) is 4.74 Å². The molecule has 0 N–H and O–H groups in total. The molecule has 0 saturated carbocycles. The summed E-state index contributed by atoms with van der Waals surface area (Å²) in [6.07, 6.45) is 6.01. The van der Waals surface area contributed by atoms with E-state index < -0.39 is 5.97 Å². The zero-order valence-corrected chi connectivity index (χ0v) is 9.92. The number of benzene rings is 1. The average Bonchev–Trinajstić information content (AvgIpc) is 2.67. The van der Waals surface area contributed by atoms with Gasteiger partial charge in [-0.25, -0.2) is 4.79 Å². The zero-order chi connectivity index (χ0) is 13.0. The van der Waals surface area contributed by atoms with E-state index in [-0.39, 0.29) is 5.78 Å². The normalized spacial score (nSPS) is 17.1. The van der Waals surface area contributed by atoms with Gasteiger partial charge in [-0.05, 0) is 24.6 Å². The molecule has 2 rings (SSSR count). The van der Waals surface area contributed by atoms with E-state index in [0.717, 1.165) is 5.56 Å². The third-order valence-corrected chi connectivity index (χ3v) is 2.42. The van der Waals surface area contributed by atoms with Gasteiger partial charge in [-0.15, -0.1) is 0 Å². The predicted molar refractivity (Wildman–Crippen MR) is 68.4 cm³/mol. The molecule has 1 aromatic carbocycles. The maximum absolute atomic E-state index is 11.6. The van der Waals surface area contributed by atoms with Crippen LogP contribution in [0.4, 0.5) is 0 Å². The number of rotatable bonds is 3. The monoisotopic (exact) mass is 240 g/mol. The van der Waals surface area contributed by atoms with Gasteiger partial charge in [0.1, 0.15) is 5.76 Å². The molecular formula is C15H12O3. The molecule has 0 bridgehead atoms. The molecule has 0 radical (unpaired) electrons. The van der Waals surface area contributed by atoms with Crippen molar-refractivity contribution in [3.63, 3.8) is 0 Å². The molecule has 3 nitrogen and oxygen atoms in total. The van der Waals surface area contributed by atoms with Crippen molar-refractivity contribution < 1.29 is 14.3 Å². The summed E-state index contributed by atoms with van der Waals surface area (Å²) in [5.74, 6) is -0.325. The van der Waals surface area contributed by atoms with Crippen molar-refractivity contribution in [2.24, 2.45) is 0 Å². The Hall–Kier alpha value is -2.42. The van der Waals surface area contributed by atoms with Gasteiger partial charge in [-0.2, -0.15) is 0 Å². The summed E-state index contributed by atoms with van der Waals surface area (Å²) in [6, 6.07) is 9.50. The minimum atomic E-state index is -0.402. The number of ketones is 1. The van der Waals surface area contributed by atoms with Gasteiger partial charge in [0.15, 0.2) is 5.78 Å². The van der Waals surface area contributed by atoms with Crippen LogP contribution in [0.1, 0.15) is 12.5 Å². The molecule has 1 aromatic rings. The number of hydrogen-bond donors (Lipinski definition) is 0. The van der Waals surface area contributed by atoms with Crippen LogP contribution < -0.4 is 0 Å². The van der Waals surface area contributed by atoms with Gasteiger partial charge >= 0.3 is 5.97 Å². The second-order valence-electron chi connectivity index (χ2n) is 3.91. The van der Waals surface area contributed by atoms with Gasteiger partial charge in [-0.3, -0.25) is 4.79 Å². The Morgan fingerprint density at radius 2 is 1.94 bits per heavy atom. The highest BCUT2D eigenvalue weighted by Gasteiger charge is 2.16. The van der Waals surface area contributed by atoms with E-state index in [2.05, 4.69) is 0 Å². The van der Waals surface area contributed by atoms with Crippen LogP contribution >= 0.6 is 0 Å². The van der Waals surface area contributed by atoms with Crippen LogP contribution in [0.25, 0.3) is 6.08 Å². The van der Waals surface area contributed by atoms with Crippen LogP contribution in [-0.4, -0.2) is 11.8 Å². The maximum Gasteiger partial charge on any atom is 0.339 e. The van der Waals surface area contributed by atoms with Crippen LogP contribution in [0, 0.1) is 0 Å². The first kappa shape index (κ1) is 12.0. The number of allylic oxidation sites excluding steroid dienone is 3. The number of ether oxygens (including phenoxy) is 1. The van der Waals surface area contributed by atoms with Crippen molar-refractivity contribution >= 4 is 17.8 Å². The van der Waals surface area contributed by atoms with E-state index in [9.17, 15) is 9.59 Å². The Balaban J connectivity index is 2.04. The van der Waals surface area contributed by atoms with E-state index >= 15 is 0 Å². The molecule has 0 saturated heterocycles. The SMILES string of the molecule is CC1=C/C(=C\C(=O)C=Cc2ccccc2)OC1=O. The Kier molecular flexibility index (Phi) is 3.53. The Bertz CT molecular complexity index is 563. The van der Waals surface area contributed by atoms with Crippen LogP contribution in [-0.2, 0) is 14.3 Å². The molecule has 1 aliphatic heterocycles. The lowest BCUT2D eigenvalue weighted by Gasteiger charge is -1.93. The fourth-order valence-corrected chi connectivity index (χ4v) is 1.49. The van der Waals surface area contributed by atoms with Crippen molar-refractivity contribution in [3.8, 4) is 0 Å². The highest BCUT2D eigenvalue weighted by Crippen LogP contribution is 2.16. The largest absolute Gasteiger partial charge is 0.423 e. The van der Waals surface area contributed by atoms with Gasteiger partial charge in [-0.1, -0.05) is 36.4 Å². The van der Waals surface area contributed by atoms with Crippen LogP contribution in [0.2, 0.25) is 0 Å². The minimum absolute atomic E-state index is 0.215. The highest BCUT2D eigenvalue weighted by molar-refractivity contribution is 6.03. The number of cyclic esters (lactones) is 1. The Morgan fingerprint density at radius 3 is 2.56 bits per heavy atom. The van der Waals surface area contributed by atoms with Crippen LogP contribution in [0.15, 0.2) is 59.9 Å². The molecular weight excluding hydrogens is 228 g/mol. The standard InChI is InChI=1S/C15H12O3/c1-11-9-14(18-15(11)17)10-13(16)8-7-12-5-3-2-4-6-12/h2-10H,1H3/b8-7?,14-10+. The lowest BCUT2D eigenvalue weighted by Crippen LogP contribution is -1.96. The fourth-order valence-electron chi connectivity index (χ4n) is 1.49. The van der Waals surface area contributed by atoms with E-state index in [0.29, 0.717) is 11.3 Å². The molecule has 3 heteroatoms. The van der Waals surface area contributed by atoms with Gasteiger partial charge in [0.25, 0.3) is 0 Å². The molecule has 0 fully saturated rings. The third-order valence-electron chi connectivity index (χ3n) is 2.42. The second kappa shape index (κ2) is 5.27. The van der Waals surface area contributed by atoms with Crippen molar-refractivity contribution in [2.75, 3.05) is 0 Å². The highest BCUT2D eigenvalue weighted by atomic mass is 16.5. The molecule has 0 unspecified atom stereocenters. The lowest BCUT2D eigenvalue weighted by atomic mass is 10.2. The average molecular weight is 240 g/mol. The number of hydrogen-bond acceptors (Lipinski definition) is 3. The predicted octanol–water partition coefficient (Wildman–Crippen LogP) is 2.66. The first-order valence-corrected chi connectivity index (χ1v) is 5.54. The third kappa shape index (κ3) is 3.04. The molecule has 0 spiro atoms. The molecule has 90 valence electrons. The summed E-state index contributed by atoms with van der Waals surface area (Å²) in [6.45, 7) is 1.65. The van der Waals surface area contributed by atoms with Crippen molar-refractivity contribution in [2.45, 2.75) is 6.92 Å². The fraction of sp³-hybridized carbons (Fsp3) is 0.0667. The summed E-state index contributed by atoms with van der Waals surface area (Å²) in [7, 11) is 0. The Morgan fingerprint density at radius 1 is 1.22 bits per heavy atom. The topological polar surface area (TPSA) is 43.4 Å². The first-order chi connectivity index (χ1) is 8.65. The van der Waals surface area contributed by atoms with Crippen molar-refractivity contribution in [1.29, 1.82) is 0 Å². The molecule has 0 atom stereocenters. The molecule has 0 aromatic heterocycles. The minimum Gasteiger partial charge on any atom is -0.423 e. The number of carbonyl (C=O) groups excluding carboxylic acids is 2. The van der Waals surface area contributed by atoms with Crippen molar-refractivity contribution in [1.82, 2.24) is 0 Å².